The number of benzene rings is 2. The van der Waals surface area contributed by atoms with Crippen LogP contribution in [0.1, 0.15) is 20.7 Å². The predicted molar refractivity (Wildman–Crippen MR) is 94.0 cm³/mol. The molecule has 2 rings (SSSR count). The summed E-state index contributed by atoms with van der Waals surface area (Å²) in [5.74, 6) is -0.447. The largest absolute Gasteiger partial charge is 0.395 e. The first-order valence-corrected chi connectivity index (χ1v) is 7.63. The maximum atomic E-state index is 12.4. The molecule has 5 heteroatoms. The summed E-state index contributed by atoms with van der Waals surface area (Å²) in [5, 5.41) is 11.8. The van der Waals surface area contributed by atoms with E-state index in [9.17, 15) is 9.59 Å². The van der Waals surface area contributed by atoms with Gasteiger partial charge in [-0.1, -0.05) is 24.3 Å². The van der Waals surface area contributed by atoms with Gasteiger partial charge in [0.2, 0.25) is 0 Å². The topological polar surface area (TPSA) is 69.6 Å². The van der Waals surface area contributed by atoms with Gasteiger partial charge in [0, 0.05) is 29.9 Å². The highest BCUT2D eigenvalue weighted by atomic mass is 16.3. The summed E-state index contributed by atoms with van der Waals surface area (Å²) < 4.78 is 0. The van der Waals surface area contributed by atoms with Crippen molar-refractivity contribution in [2.24, 2.45) is 0 Å². The van der Waals surface area contributed by atoms with Crippen LogP contribution in [-0.2, 0) is 0 Å². The Hall–Kier alpha value is -2.92. The molecule has 0 heterocycles. The lowest BCUT2D eigenvalue weighted by Crippen LogP contribution is -2.33. The van der Waals surface area contributed by atoms with Gasteiger partial charge in [0.05, 0.1) is 6.61 Å². The molecule has 0 aliphatic carbocycles. The van der Waals surface area contributed by atoms with Gasteiger partial charge >= 0.3 is 0 Å². The molecule has 5 nitrogen and oxygen atoms in total. The molecular weight excluding hydrogens is 304 g/mol. The van der Waals surface area contributed by atoms with E-state index in [1.54, 1.807) is 42.5 Å². The number of aliphatic hydroxyl groups excluding tert-OH is 1. The Balaban J connectivity index is 2.07. The fraction of sp³-hybridized carbons (Fsp3) is 0.158. The number of carbonyl (C=O) groups is 2. The minimum absolute atomic E-state index is 0.114. The zero-order valence-corrected chi connectivity index (χ0v) is 13.3. The Bertz CT molecular complexity index is 696. The maximum Gasteiger partial charge on any atom is 0.255 e. The van der Waals surface area contributed by atoms with Crippen molar-refractivity contribution in [3.8, 4) is 0 Å². The van der Waals surface area contributed by atoms with Crippen LogP contribution < -0.4 is 5.32 Å². The second-order valence-electron chi connectivity index (χ2n) is 5.16. The van der Waals surface area contributed by atoms with Crippen molar-refractivity contribution in [1.82, 2.24) is 4.90 Å². The lowest BCUT2D eigenvalue weighted by Gasteiger charge is -2.20. The Kier molecular flexibility index (Phi) is 6.28. The van der Waals surface area contributed by atoms with Crippen molar-refractivity contribution in [3.63, 3.8) is 0 Å². The van der Waals surface area contributed by atoms with Crippen molar-refractivity contribution < 1.29 is 14.7 Å². The van der Waals surface area contributed by atoms with Gasteiger partial charge in [-0.2, -0.15) is 0 Å². The number of para-hydroxylation sites is 1. The van der Waals surface area contributed by atoms with E-state index < -0.39 is 0 Å². The fourth-order valence-corrected chi connectivity index (χ4v) is 2.22. The average molecular weight is 324 g/mol. The lowest BCUT2D eigenvalue weighted by atomic mass is 10.1. The fourth-order valence-electron chi connectivity index (χ4n) is 2.22. The van der Waals surface area contributed by atoms with Crippen LogP contribution in [0.3, 0.4) is 0 Å². The monoisotopic (exact) mass is 324 g/mol. The minimum atomic E-state index is -0.237. The molecule has 0 radical (unpaired) electrons. The van der Waals surface area contributed by atoms with Crippen LogP contribution in [0.4, 0.5) is 5.69 Å². The first-order chi connectivity index (χ1) is 11.7. The molecule has 2 N–H and O–H groups in total. The SMILES string of the molecule is C=CCN(CCO)C(=O)c1ccc(C(=O)Nc2ccccc2)cc1. The quantitative estimate of drug-likeness (QED) is 0.769. The molecule has 0 spiro atoms. The van der Waals surface area contributed by atoms with Gasteiger partial charge in [0.1, 0.15) is 0 Å². The molecule has 124 valence electrons. The Labute approximate surface area is 141 Å². The highest BCUT2D eigenvalue weighted by Crippen LogP contribution is 2.11. The maximum absolute atomic E-state index is 12.4. The van der Waals surface area contributed by atoms with E-state index in [4.69, 9.17) is 5.11 Å². The van der Waals surface area contributed by atoms with E-state index >= 15 is 0 Å². The molecule has 0 bridgehead atoms. The summed E-state index contributed by atoms with van der Waals surface area (Å²) in [5.41, 5.74) is 1.64. The van der Waals surface area contributed by atoms with Gasteiger partial charge in [-0.25, -0.2) is 0 Å². The van der Waals surface area contributed by atoms with E-state index in [-0.39, 0.29) is 25.0 Å². The molecule has 0 unspecified atom stereocenters. The zero-order valence-electron chi connectivity index (χ0n) is 13.3. The number of nitrogens with zero attached hydrogens (tertiary/aromatic N) is 1. The molecule has 0 aromatic heterocycles. The van der Waals surface area contributed by atoms with Gasteiger partial charge in [-0.3, -0.25) is 9.59 Å². The molecule has 2 amide bonds. The van der Waals surface area contributed by atoms with Crippen molar-refractivity contribution in [2.75, 3.05) is 25.0 Å². The smallest absolute Gasteiger partial charge is 0.255 e. The van der Waals surface area contributed by atoms with E-state index in [1.807, 2.05) is 18.2 Å². The van der Waals surface area contributed by atoms with Gasteiger partial charge in [0.25, 0.3) is 11.8 Å². The van der Waals surface area contributed by atoms with Crippen LogP contribution in [-0.4, -0.2) is 41.5 Å². The van der Waals surface area contributed by atoms with Crippen LogP contribution in [0.5, 0.6) is 0 Å². The van der Waals surface area contributed by atoms with E-state index in [0.29, 0.717) is 23.4 Å². The second kappa shape index (κ2) is 8.64. The molecule has 0 saturated carbocycles. The van der Waals surface area contributed by atoms with E-state index in [0.717, 1.165) is 0 Å². The number of nitrogens with one attached hydrogen (secondary N) is 1. The Morgan fingerprint density at radius 2 is 1.67 bits per heavy atom. The van der Waals surface area contributed by atoms with Crippen molar-refractivity contribution >= 4 is 17.5 Å². The molecule has 0 fully saturated rings. The highest BCUT2D eigenvalue weighted by molar-refractivity contribution is 6.05. The molecule has 2 aromatic carbocycles. The zero-order chi connectivity index (χ0) is 17.4. The Morgan fingerprint density at radius 3 is 2.25 bits per heavy atom. The summed E-state index contributed by atoms with van der Waals surface area (Å²) in [6.07, 6.45) is 1.61. The highest BCUT2D eigenvalue weighted by Gasteiger charge is 2.15. The number of amides is 2. The summed E-state index contributed by atoms with van der Waals surface area (Å²) in [6.45, 7) is 4.09. The number of hydrogen-bond acceptors (Lipinski definition) is 3. The van der Waals surface area contributed by atoms with Gasteiger partial charge < -0.3 is 15.3 Å². The molecule has 0 aliphatic rings. The first-order valence-electron chi connectivity index (χ1n) is 7.63. The van der Waals surface area contributed by atoms with Crippen LogP contribution in [0.25, 0.3) is 0 Å². The summed E-state index contributed by atoms with van der Waals surface area (Å²) in [6, 6.07) is 15.6. The molecule has 0 saturated heterocycles. The Morgan fingerprint density at radius 1 is 1.04 bits per heavy atom. The van der Waals surface area contributed by atoms with E-state index in [2.05, 4.69) is 11.9 Å². The third kappa shape index (κ3) is 4.54. The molecule has 24 heavy (non-hydrogen) atoms. The van der Waals surface area contributed by atoms with E-state index in [1.165, 1.54) is 4.90 Å². The van der Waals surface area contributed by atoms with Crippen LogP contribution in [0.2, 0.25) is 0 Å². The van der Waals surface area contributed by atoms with Crippen LogP contribution in [0, 0.1) is 0 Å². The number of rotatable bonds is 7. The molecular formula is C19H20N2O3. The lowest BCUT2D eigenvalue weighted by molar-refractivity contribution is 0.0742. The third-order valence-electron chi connectivity index (χ3n) is 3.43. The van der Waals surface area contributed by atoms with Crippen molar-refractivity contribution in [1.29, 1.82) is 0 Å². The molecule has 0 aliphatic heterocycles. The van der Waals surface area contributed by atoms with Gasteiger partial charge in [-0.15, -0.1) is 6.58 Å². The standard InChI is InChI=1S/C19H20N2O3/c1-2-12-21(13-14-22)19(24)16-10-8-15(9-11-16)18(23)20-17-6-4-3-5-7-17/h2-11,22H,1,12-14H2,(H,20,23). The van der Waals surface area contributed by atoms with Crippen LogP contribution >= 0.6 is 0 Å². The average Bonchev–Trinajstić information content (AvgIpc) is 2.62. The number of carbonyl (C=O) groups excluding carboxylic acids is 2. The van der Waals surface area contributed by atoms with Crippen molar-refractivity contribution in [3.05, 3.63) is 78.4 Å². The summed E-state index contributed by atoms with van der Waals surface area (Å²) >= 11 is 0. The summed E-state index contributed by atoms with van der Waals surface area (Å²) in [4.78, 5) is 26.0. The van der Waals surface area contributed by atoms with Crippen LogP contribution in [0.15, 0.2) is 67.3 Å². The van der Waals surface area contributed by atoms with Gasteiger partial charge in [0.15, 0.2) is 0 Å². The number of aliphatic hydroxyl groups is 1. The predicted octanol–water partition coefficient (Wildman–Crippen LogP) is 2.56. The summed E-state index contributed by atoms with van der Waals surface area (Å²) in [7, 11) is 0. The molecule has 0 atom stereocenters. The van der Waals surface area contributed by atoms with Crippen molar-refractivity contribution in [2.45, 2.75) is 0 Å². The first kappa shape index (κ1) is 17.4. The minimum Gasteiger partial charge on any atom is -0.395 e. The number of hydrogen-bond donors (Lipinski definition) is 2. The third-order valence-corrected chi connectivity index (χ3v) is 3.43. The second-order valence-corrected chi connectivity index (χ2v) is 5.16. The van der Waals surface area contributed by atoms with Gasteiger partial charge in [-0.05, 0) is 36.4 Å². The number of anilines is 1. The normalized spacial score (nSPS) is 10.0. The molecule has 2 aromatic rings.